The van der Waals surface area contributed by atoms with E-state index in [1.54, 1.807) is 6.07 Å². The van der Waals surface area contributed by atoms with Gasteiger partial charge in [-0.05, 0) is 79.8 Å². The van der Waals surface area contributed by atoms with Crippen LogP contribution in [0.25, 0.3) is 16.8 Å². The van der Waals surface area contributed by atoms with Gasteiger partial charge in [-0.25, -0.2) is 9.37 Å². The SMILES string of the molecule is CNc1ccc(F)c(-c2ccn3ccc(C(C)CCN4CC(C)CC5CCC[C@H]5C4)nc23)c1. The van der Waals surface area contributed by atoms with Crippen LogP contribution in [-0.2, 0) is 0 Å². The van der Waals surface area contributed by atoms with E-state index in [0.29, 0.717) is 11.5 Å². The maximum absolute atomic E-state index is 14.7. The fraction of sp³-hybridized carbons (Fsp3) is 0.536. The Kier molecular flexibility index (Phi) is 6.42. The molecule has 0 radical (unpaired) electrons. The Morgan fingerprint density at radius 3 is 2.76 bits per heavy atom. The summed E-state index contributed by atoms with van der Waals surface area (Å²) in [4.78, 5) is 7.74. The standard InChI is InChI=1S/C28H37FN4/c1-19-15-21-5-4-6-22(21)18-32(17-19)12-9-20(2)27-11-14-33-13-10-24(28(33)31-27)25-16-23(30-3)7-8-26(25)29/h7-8,10-11,13-14,16,19-22,30H,4-6,9,12,15,17-18H2,1-3H3/t19?,20?,21?,22-/m0/s1. The zero-order valence-corrected chi connectivity index (χ0v) is 20.2. The Labute approximate surface area is 197 Å². The van der Waals surface area contributed by atoms with Crippen molar-refractivity contribution in [3.63, 3.8) is 0 Å². The quantitative estimate of drug-likeness (QED) is 0.471. The van der Waals surface area contributed by atoms with Crippen molar-refractivity contribution in [1.82, 2.24) is 14.3 Å². The van der Waals surface area contributed by atoms with Crippen molar-refractivity contribution in [3.8, 4) is 11.1 Å². The minimum atomic E-state index is -0.220. The fourth-order valence-corrected chi connectivity index (χ4v) is 6.17. The Morgan fingerprint density at radius 1 is 1.09 bits per heavy atom. The summed E-state index contributed by atoms with van der Waals surface area (Å²) in [6.07, 6.45) is 10.8. The number of rotatable bonds is 6. The Bertz CT molecular complexity index is 1110. The van der Waals surface area contributed by atoms with Crippen LogP contribution < -0.4 is 5.32 Å². The molecule has 3 heterocycles. The molecule has 3 unspecified atom stereocenters. The number of anilines is 1. The molecule has 1 saturated carbocycles. The van der Waals surface area contributed by atoms with E-state index in [2.05, 4.69) is 36.3 Å². The molecular formula is C28H37FN4. The first kappa shape index (κ1) is 22.4. The minimum absolute atomic E-state index is 0.220. The molecular weight excluding hydrogens is 411 g/mol. The average molecular weight is 449 g/mol. The molecule has 4 nitrogen and oxygen atoms in total. The van der Waals surface area contributed by atoms with Gasteiger partial charge in [0.05, 0.1) is 0 Å². The van der Waals surface area contributed by atoms with Gasteiger partial charge in [-0.3, -0.25) is 0 Å². The monoisotopic (exact) mass is 448 g/mol. The Balaban J connectivity index is 1.33. The maximum Gasteiger partial charge on any atom is 0.144 e. The van der Waals surface area contributed by atoms with Crippen LogP contribution in [0, 0.1) is 23.6 Å². The molecule has 5 heteroatoms. The highest BCUT2D eigenvalue weighted by Crippen LogP contribution is 2.39. The second-order valence-corrected chi connectivity index (χ2v) is 10.5. The predicted molar refractivity (Wildman–Crippen MR) is 134 cm³/mol. The first-order valence-corrected chi connectivity index (χ1v) is 12.7. The van der Waals surface area contributed by atoms with Crippen molar-refractivity contribution in [3.05, 3.63) is 54.2 Å². The van der Waals surface area contributed by atoms with Gasteiger partial charge >= 0.3 is 0 Å². The van der Waals surface area contributed by atoms with Gasteiger partial charge < -0.3 is 14.6 Å². The van der Waals surface area contributed by atoms with Crippen LogP contribution in [0.2, 0.25) is 0 Å². The number of likely N-dealkylation sites (tertiary alicyclic amines) is 1. The van der Waals surface area contributed by atoms with Gasteiger partial charge in [0.1, 0.15) is 11.5 Å². The molecule has 0 amide bonds. The van der Waals surface area contributed by atoms with Crippen molar-refractivity contribution >= 4 is 11.3 Å². The van der Waals surface area contributed by atoms with Crippen molar-refractivity contribution in [2.45, 2.75) is 51.9 Å². The molecule has 1 saturated heterocycles. The third-order valence-electron chi connectivity index (χ3n) is 8.04. The van der Waals surface area contributed by atoms with Gasteiger partial charge in [0.2, 0.25) is 0 Å². The van der Waals surface area contributed by atoms with E-state index in [0.717, 1.165) is 53.3 Å². The molecule has 1 N–H and O–H groups in total. The second kappa shape index (κ2) is 9.46. The van der Waals surface area contributed by atoms with Crippen LogP contribution in [0.15, 0.2) is 42.7 Å². The number of halogens is 1. The van der Waals surface area contributed by atoms with Gasteiger partial charge in [0, 0.05) is 55.0 Å². The summed E-state index contributed by atoms with van der Waals surface area (Å²) in [7, 11) is 1.85. The van der Waals surface area contributed by atoms with E-state index in [1.165, 1.54) is 44.8 Å². The molecule has 33 heavy (non-hydrogen) atoms. The van der Waals surface area contributed by atoms with Crippen molar-refractivity contribution in [2.75, 3.05) is 32.0 Å². The van der Waals surface area contributed by atoms with Crippen molar-refractivity contribution < 1.29 is 4.39 Å². The van der Waals surface area contributed by atoms with Crippen molar-refractivity contribution in [2.24, 2.45) is 17.8 Å². The molecule has 1 aliphatic carbocycles. The summed E-state index contributed by atoms with van der Waals surface area (Å²) in [6.45, 7) is 8.36. The van der Waals surface area contributed by atoms with Crippen LogP contribution in [0.3, 0.4) is 0 Å². The van der Waals surface area contributed by atoms with E-state index in [4.69, 9.17) is 4.98 Å². The Hall–Kier alpha value is -2.40. The number of fused-ring (bicyclic) bond motifs is 2. The molecule has 1 aromatic carbocycles. The molecule has 2 aromatic heterocycles. The molecule has 0 spiro atoms. The second-order valence-electron chi connectivity index (χ2n) is 10.5. The molecule has 2 aliphatic rings. The van der Waals surface area contributed by atoms with Gasteiger partial charge in [-0.15, -0.1) is 0 Å². The highest BCUT2D eigenvalue weighted by Gasteiger charge is 2.33. The average Bonchev–Trinajstić information content (AvgIpc) is 3.40. The van der Waals surface area contributed by atoms with Crippen LogP contribution in [0.4, 0.5) is 10.1 Å². The van der Waals surface area contributed by atoms with Crippen LogP contribution in [0.5, 0.6) is 0 Å². The lowest BCUT2D eigenvalue weighted by Gasteiger charge is -2.26. The number of hydrogen-bond donors (Lipinski definition) is 1. The van der Waals surface area contributed by atoms with Crippen LogP contribution >= 0.6 is 0 Å². The number of hydrogen-bond acceptors (Lipinski definition) is 3. The van der Waals surface area contributed by atoms with Gasteiger partial charge in [-0.2, -0.15) is 0 Å². The lowest BCUT2D eigenvalue weighted by Crippen LogP contribution is -2.32. The largest absolute Gasteiger partial charge is 0.388 e. The first-order valence-electron chi connectivity index (χ1n) is 12.7. The summed E-state index contributed by atoms with van der Waals surface area (Å²) in [5.41, 5.74) is 4.24. The van der Waals surface area contributed by atoms with Crippen LogP contribution in [-0.4, -0.2) is 41.0 Å². The van der Waals surface area contributed by atoms with E-state index in [1.807, 2.05) is 29.8 Å². The Morgan fingerprint density at radius 2 is 1.91 bits per heavy atom. The van der Waals surface area contributed by atoms with E-state index >= 15 is 0 Å². The molecule has 2 fully saturated rings. The maximum atomic E-state index is 14.7. The molecule has 0 bridgehead atoms. The molecule has 4 atom stereocenters. The lowest BCUT2D eigenvalue weighted by atomic mass is 9.89. The predicted octanol–water partition coefficient (Wildman–Crippen LogP) is 6.43. The van der Waals surface area contributed by atoms with E-state index < -0.39 is 0 Å². The summed E-state index contributed by atoms with van der Waals surface area (Å²) < 4.78 is 16.7. The zero-order valence-electron chi connectivity index (χ0n) is 20.2. The molecule has 5 rings (SSSR count). The number of benzene rings is 1. The summed E-state index contributed by atoms with van der Waals surface area (Å²) >= 11 is 0. The minimum Gasteiger partial charge on any atom is -0.388 e. The number of aromatic nitrogens is 2. The van der Waals surface area contributed by atoms with Gasteiger partial charge in [-0.1, -0.05) is 26.7 Å². The molecule has 1 aliphatic heterocycles. The number of nitrogens with zero attached hydrogens (tertiary/aromatic N) is 3. The van der Waals surface area contributed by atoms with Gasteiger partial charge in [0.15, 0.2) is 0 Å². The highest BCUT2D eigenvalue weighted by atomic mass is 19.1. The van der Waals surface area contributed by atoms with Crippen molar-refractivity contribution in [1.29, 1.82) is 0 Å². The summed E-state index contributed by atoms with van der Waals surface area (Å²) in [5.74, 6) is 2.81. The summed E-state index contributed by atoms with van der Waals surface area (Å²) in [6, 6.07) is 9.23. The van der Waals surface area contributed by atoms with Gasteiger partial charge in [0.25, 0.3) is 0 Å². The third-order valence-corrected chi connectivity index (χ3v) is 8.04. The normalized spacial score (nSPS) is 24.5. The first-order chi connectivity index (χ1) is 16.0. The molecule has 3 aromatic rings. The summed E-state index contributed by atoms with van der Waals surface area (Å²) in [5, 5.41) is 3.10. The number of nitrogens with one attached hydrogen (secondary N) is 1. The molecule has 176 valence electrons. The topological polar surface area (TPSA) is 32.6 Å². The zero-order chi connectivity index (χ0) is 22.9. The van der Waals surface area contributed by atoms with E-state index in [-0.39, 0.29) is 5.82 Å². The van der Waals surface area contributed by atoms with E-state index in [9.17, 15) is 4.39 Å². The smallest absolute Gasteiger partial charge is 0.144 e. The van der Waals surface area contributed by atoms with Crippen LogP contribution in [0.1, 0.15) is 57.6 Å². The third kappa shape index (κ3) is 4.65. The fourth-order valence-electron chi connectivity index (χ4n) is 6.17. The lowest BCUT2D eigenvalue weighted by molar-refractivity contribution is 0.220. The highest BCUT2D eigenvalue weighted by molar-refractivity contribution is 5.80.